The normalized spacial score (nSPS) is 12.5. The molecule has 1 amide bonds. The molecule has 3 N–H and O–H groups in total. The minimum Gasteiger partial charge on any atom is -0.491 e. The molecule has 0 aliphatic rings. The number of sulfonamides is 1. The second-order valence-electron chi connectivity index (χ2n) is 5.18. The van der Waals surface area contributed by atoms with E-state index in [4.69, 9.17) is 15.2 Å². The summed E-state index contributed by atoms with van der Waals surface area (Å²) in [4.78, 5) is 11.7. The van der Waals surface area contributed by atoms with E-state index in [0.29, 0.717) is 24.5 Å². The summed E-state index contributed by atoms with van der Waals surface area (Å²) in [5.74, 6) is -0.264. The smallest absolute Gasteiger partial charge is 0.241 e. The molecule has 25 heavy (non-hydrogen) atoms. The fourth-order valence-electron chi connectivity index (χ4n) is 2.12. The van der Waals surface area contributed by atoms with E-state index >= 15 is 0 Å². The van der Waals surface area contributed by atoms with E-state index in [1.165, 1.54) is 24.3 Å². The van der Waals surface area contributed by atoms with Crippen LogP contribution in [-0.2, 0) is 19.6 Å². The summed E-state index contributed by atoms with van der Waals surface area (Å²) in [6, 6.07) is 13.1. The molecule has 1 atom stereocenters. The Hall–Kier alpha value is -2.42. The van der Waals surface area contributed by atoms with Gasteiger partial charge in [-0.15, -0.1) is 0 Å². The van der Waals surface area contributed by atoms with Crippen molar-refractivity contribution < 1.29 is 22.7 Å². The number of carbonyl (C=O) groups excluding carboxylic acids is 1. The molecule has 0 fully saturated rings. The Bertz CT molecular complexity index is 792. The van der Waals surface area contributed by atoms with Gasteiger partial charge in [0.05, 0.1) is 11.5 Å². The van der Waals surface area contributed by atoms with Gasteiger partial charge in [0.2, 0.25) is 15.9 Å². The van der Waals surface area contributed by atoms with E-state index in [2.05, 4.69) is 4.72 Å². The number of primary amides is 1. The molecule has 1 unspecified atom stereocenters. The largest absolute Gasteiger partial charge is 0.491 e. The van der Waals surface area contributed by atoms with Gasteiger partial charge >= 0.3 is 0 Å². The lowest BCUT2D eigenvalue weighted by Crippen LogP contribution is -2.37. The van der Waals surface area contributed by atoms with Gasteiger partial charge in [-0.2, -0.15) is 4.72 Å². The molecule has 134 valence electrons. The van der Waals surface area contributed by atoms with Crippen LogP contribution in [0, 0.1) is 0 Å². The van der Waals surface area contributed by atoms with Crippen LogP contribution in [0.5, 0.6) is 5.75 Å². The van der Waals surface area contributed by atoms with Crippen molar-refractivity contribution in [2.75, 3.05) is 20.3 Å². The van der Waals surface area contributed by atoms with Crippen LogP contribution in [0.2, 0.25) is 0 Å². The van der Waals surface area contributed by atoms with Gasteiger partial charge in [-0.25, -0.2) is 8.42 Å². The van der Waals surface area contributed by atoms with Crippen molar-refractivity contribution >= 4 is 15.9 Å². The first-order valence-electron chi connectivity index (χ1n) is 7.52. The molecule has 0 spiro atoms. The molecule has 2 rings (SSSR count). The summed E-state index contributed by atoms with van der Waals surface area (Å²) in [6.45, 7) is 0.789. The fourth-order valence-corrected chi connectivity index (χ4v) is 3.31. The molecule has 7 nitrogen and oxygen atoms in total. The van der Waals surface area contributed by atoms with E-state index in [1.807, 2.05) is 0 Å². The minimum absolute atomic E-state index is 0.00812. The molecule has 0 aliphatic heterocycles. The number of nitrogens with two attached hydrogens (primary N) is 1. The first-order valence-corrected chi connectivity index (χ1v) is 9.01. The summed E-state index contributed by atoms with van der Waals surface area (Å²) < 4.78 is 37.6. The van der Waals surface area contributed by atoms with Crippen molar-refractivity contribution in [3.63, 3.8) is 0 Å². The summed E-state index contributed by atoms with van der Waals surface area (Å²) in [7, 11) is -2.36. The lowest BCUT2D eigenvalue weighted by molar-refractivity contribution is -0.119. The number of hydrogen-bond acceptors (Lipinski definition) is 5. The molecule has 0 aliphatic carbocycles. The third kappa shape index (κ3) is 5.28. The lowest BCUT2D eigenvalue weighted by Gasteiger charge is -2.16. The van der Waals surface area contributed by atoms with Crippen molar-refractivity contribution in [3.05, 3.63) is 60.2 Å². The average molecular weight is 364 g/mol. The predicted octanol–water partition coefficient (Wildman–Crippen LogP) is 1.22. The third-order valence-electron chi connectivity index (χ3n) is 3.38. The number of nitrogens with one attached hydrogen (secondary N) is 1. The Morgan fingerprint density at radius 3 is 2.28 bits per heavy atom. The average Bonchev–Trinajstić information content (AvgIpc) is 2.61. The summed E-state index contributed by atoms with van der Waals surface area (Å²) in [5.41, 5.74) is 5.82. The maximum Gasteiger partial charge on any atom is 0.241 e. The minimum atomic E-state index is -3.93. The van der Waals surface area contributed by atoms with Gasteiger partial charge in [0.1, 0.15) is 18.4 Å². The highest BCUT2D eigenvalue weighted by atomic mass is 32.2. The number of carbonyl (C=O) groups is 1. The van der Waals surface area contributed by atoms with Crippen molar-refractivity contribution in [2.45, 2.75) is 10.9 Å². The number of ether oxygens (including phenoxy) is 2. The maximum atomic E-state index is 12.5. The Morgan fingerprint density at radius 1 is 1.08 bits per heavy atom. The zero-order valence-corrected chi connectivity index (χ0v) is 14.5. The van der Waals surface area contributed by atoms with Gasteiger partial charge in [-0.1, -0.05) is 30.3 Å². The second-order valence-corrected chi connectivity index (χ2v) is 6.89. The number of methoxy groups -OCH3 is 1. The number of hydrogen-bond donors (Lipinski definition) is 2. The maximum absolute atomic E-state index is 12.5. The Morgan fingerprint density at radius 2 is 1.72 bits per heavy atom. The monoisotopic (exact) mass is 364 g/mol. The summed E-state index contributed by atoms with van der Waals surface area (Å²) in [6.07, 6.45) is 0. The summed E-state index contributed by atoms with van der Waals surface area (Å²) >= 11 is 0. The SMILES string of the molecule is COCCOc1ccc(S(=O)(=O)NC(C(N)=O)c2ccccc2)cc1. The van der Waals surface area contributed by atoms with Crippen LogP contribution in [0.25, 0.3) is 0 Å². The van der Waals surface area contributed by atoms with Crippen molar-refractivity contribution in [2.24, 2.45) is 5.73 Å². The highest BCUT2D eigenvalue weighted by molar-refractivity contribution is 7.89. The Balaban J connectivity index is 2.15. The molecule has 8 heteroatoms. The van der Waals surface area contributed by atoms with E-state index in [-0.39, 0.29) is 4.90 Å². The molecular weight excluding hydrogens is 344 g/mol. The van der Waals surface area contributed by atoms with Crippen LogP contribution < -0.4 is 15.2 Å². The van der Waals surface area contributed by atoms with Crippen LogP contribution in [0.4, 0.5) is 0 Å². The first-order chi connectivity index (χ1) is 11.9. The molecule has 0 saturated heterocycles. The molecule has 0 saturated carbocycles. The number of benzene rings is 2. The van der Waals surface area contributed by atoms with Crippen LogP contribution in [-0.4, -0.2) is 34.6 Å². The van der Waals surface area contributed by atoms with E-state index in [0.717, 1.165) is 0 Å². The van der Waals surface area contributed by atoms with Crippen molar-refractivity contribution in [1.82, 2.24) is 4.72 Å². The Kier molecular flexibility index (Phi) is 6.51. The fraction of sp³-hybridized carbons (Fsp3) is 0.235. The highest BCUT2D eigenvalue weighted by Crippen LogP contribution is 2.19. The van der Waals surface area contributed by atoms with E-state index in [1.54, 1.807) is 37.4 Å². The van der Waals surface area contributed by atoms with Crippen LogP contribution in [0.15, 0.2) is 59.5 Å². The standard InChI is InChI=1S/C17H20N2O5S/c1-23-11-12-24-14-7-9-15(10-8-14)25(21,22)19-16(17(18)20)13-5-3-2-4-6-13/h2-10,16,19H,11-12H2,1H3,(H2,18,20). The predicted molar refractivity (Wildman–Crippen MR) is 92.5 cm³/mol. The van der Waals surface area contributed by atoms with Crippen LogP contribution in [0.3, 0.4) is 0 Å². The van der Waals surface area contributed by atoms with Gasteiger partial charge < -0.3 is 15.2 Å². The Labute approximate surface area is 146 Å². The topological polar surface area (TPSA) is 108 Å². The molecule has 0 heterocycles. The van der Waals surface area contributed by atoms with E-state index in [9.17, 15) is 13.2 Å². The lowest BCUT2D eigenvalue weighted by atomic mass is 10.1. The van der Waals surface area contributed by atoms with Gasteiger partial charge in [-0.3, -0.25) is 4.79 Å². The molecule has 2 aromatic rings. The molecule has 2 aromatic carbocycles. The van der Waals surface area contributed by atoms with Crippen LogP contribution >= 0.6 is 0 Å². The zero-order valence-electron chi connectivity index (χ0n) is 13.7. The van der Waals surface area contributed by atoms with E-state index < -0.39 is 22.0 Å². The van der Waals surface area contributed by atoms with Crippen LogP contribution in [0.1, 0.15) is 11.6 Å². The van der Waals surface area contributed by atoms with Crippen molar-refractivity contribution in [1.29, 1.82) is 0 Å². The molecule has 0 bridgehead atoms. The molecular formula is C17H20N2O5S. The second kappa shape index (κ2) is 8.61. The van der Waals surface area contributed by atoms with Gasteiger partial charge in [-0.05, 0) is 29.8 Å². The van der Waals surface area contributed by atoms with Gasteiger partial charge in [0.15, 0.2) is 0 Å². The molecule has 0 aromatic heterocycles. The first kappa shape index (κ1) is 18.9. The quantitative estimate of drug-likeness (QED) is 0.651. The van der Waals surface area contributed by atoms with Gasteiger partial charge in [0.25, 0.3) is 0 Å². The van der Waals surface area contributed by atoms with Crippen molar-refractivity contribution in [3.8, 4) is 5.75 Å². The highest BCUT2D eigenvalue weighted by Gasteiger charge is 2.25. The third-order valence-corrected chi connectivity index (χ3v) is 4.82. The summed E-state index contributed by atoms with van der Waals surface area (Å²) in [5, 5.41) is 0. The number of rotatable bonds is 9. The van der Waals surface area contributed by atoms with Gasteiger partial charge in [0, 0.05) is 7.11 Å². The zero-order chi connectivity index (χ0) is 18.3. The number of amides is 1. The molecule has 0 radical (unpaired) electrons.